The summed E-state index contributed by atoms with van der Waals surface area (Å²) in [5.74, 6) is 0.870. The zero-order valence-electron chi connectivity index (χ0n) is 11.4. The molecule has 1 heterocycles. The van der Waals surface area contributed by atoms with Crippen molar-refractivity contribution in [1.82, 2.24) is 15.1 Å². The zero-order chi connectivity index (χ0) is 13.8. The first kappa shape index (κ1) is 13.9. The number of hydrogen-bond acceptors (Lipinski definition) is 3. The molecule has 2 rings (SSSR count). The molecule has 1 N–H and O–H groups in total. The van der Waals surface area contributed by atoms with Crippen LogP contribution in [-0.2, 0) is 20.1 Å². The fourth-order valence-corrected chi connectivity index (χ4v) is 2.23. The van der Waals surface area contributed by atoms with Crippen LogP contribution >= 0.6 is 11.6 Å². The second-order valence-electron chi connectivity index (χ2n) is 4.43. The van der Waals surface area contributed by atoms with Crippen LogP contribution in [0.3, 0.4) is 0 Å². The molecule has 0 atom stereocenters. The van der Waals surface area contributed by atoms with Crippen molar-refractivity contribution in [3.05, 3.63) is 46.2 Å². The summed E-state index contributed by atoms with van der Waals surface area (Å²) in [6.07, 6.45) is 0. The minimum absolute atomic E-state index is 0.690. The number of nitrogens with zero attached hydrogens (tertiary/aromatic N) is 2. The molecule has 0 saturated carbocycles. The van der Waals surface area contributed by atoms with Gasteiger partial charge in [0.05, 0.1) is 12.8 Å². The van der Waals surface area contributed by atoms with E-state index in [1.54, 1.807) is 11.8 Å². The maximum Gasteiger partial charge on any atom is 0.131 e. The molecule has 0 saturated heterocycles. The van der Waals surface area contributed by atoms with Gasteiger partial charge in [0.25, 0.3) is 0 Å². The van der Waals surface area contributed by atoms with Gasteiger partial charge < -0.3 is 10.1 Å². The van der Waals surface area contributed by atoms with E-state index in [0.29, 0.717) is 11.7 Å². The molecule has 0 amide bonds. The van der Waals surface area contributed by atoms with Gasteiger partial charge in [-0.05, 0) is 24.6 Å². The number of methoxy groups -OCH3 is 1. The quantitative estimate of drug-likeness (QED) is 0.915. The Morgan fingerprint density at radius 1 is 1.37 bits per heavy atom. The fraction of sp³-hybridized carbons (Fsp3) is 0.357. The van der Waals surface area contributed by atoms with E-state index >= 15 is 0 Å². The highest BCUT2D eigenvalue weighted by Crippen LogP contribution is 2.18. The molecule has 5 heteroatoms. The van der Waals surface area contributed by atoms with Crippen molar-refractivity contribution in [3.8, 4) is 5.75 Å². The van der Waals surface area contributed by atoms with Gasteiger partial charge in [-0.3, -0.25) is 4.68 Å². The predicted molar refractivity (Wildman–Crippen MR) is 76.5 cm³/mol. The highest BCUT2D eigenvalue weighted by Gasteiger charge is 2.10. The zero-order valence-corrected chi connectivity index (χ0v) is 12.2. The monoisotopic (exact) mass is 279 g/mol. The van der Waals surface area contributed by atoms with Crippen molar-refractivity contribution < 1.29 is 4.74 Å². The number of ether oxygens (including phenoxy) is 1. The van der Waals surface area contributed by atoms with Crippen LogP contribution in [0.5, 0.6) is 5.75 Å². The molecule has 0 bridgehead atoms. The Labute approximate surface area is 118 Å². The first-order valence-electron chi connectivity index (χ1n) is 6.13. The summed E-state index contributed by atoms with van der Waals surface area (Å²) in [6.45, 7) is 3.44. The molecule has 0 aliphatic heterocycles. The van der Waals surface area contributed by atoms with Crippen molar-refractivity contribution in [1.29, 1.82) is 0 Å². The van der Waals surface area contributed by atoms with Gasteiger partial charge in [-0.1, -0.05) is 23.7 Å². The van der Waals surface area contributed by atoms with Gasteiger partial charge in [0.1, 0.15) is 10.9 Å². The molecular formula is C14H18ClN3O. The standard InChI is InChI=1S/C14H18ClN3O/c1-10-13(14(15)18(2)17-10)9-16-8-11-5-4-6-12(7-11)19-3/h4-7,16H,8-9H2,1-3H3. The second-order valence-corrected chi connectivity index (χ2v) is 4.79. The third-order valence-electron chi connectivity index (χ3n) is 3.03. The lowest BCUT2D eigenvalue weighted by molar-refractivity contribution is 0.414. The number of hydrogen-bond donors (Lipinski definition) is 1. The van der Waals surface area contributed by atoms with Crippen LogP contribution in [-0.4, -0.2) is 16.9 Å². The van der Waals surface area contributed by atoms with Gasteiger partial charge in [0, 0.05) is 25.7 Å². The SMILES string of the molecule is COc1cccc(CNCc2c(C)nn(C)c2Cl)c1. The summed E-state index contributed by atoms with van der Waals surface area (Å²) < 4.78 is 6.89. The number of aromatic nitrogens is 2. The van der Waals surface area contributed by atoms with Crippen LogP contribution in [0.1, 0.15) is 16.8 Å². The summed E-state index contributed by atoms with van der Waals surface area (Å²) in [4.78, 5) is 0. The molecule has 102 valence electrons. The maximum atomic E-state index is 6.18. The Bertz CT molecular complexity index is 566. The summed E-state index contributed by atoms with van der Waals surface area (Å²) in [7, 11) is 3.52. The van der Waals surface area contributed by atoms with Crippen molar-refractivity contribution >= 4 is 11.6 Å². The van der Waals surface area contributed by atoms with Crippen LogP contribution in [0.4, 0.5) is 0 Å². The lowest BCUT2D eigenvalue weighted by Crippen LogP contribution is -2.13. The van der Waals surface area contributed by atoms with Gasteiger partial charge in [0.15, 0.2) is 0 Å². The highest BCUT2D eigenvalue weighted by molar-refractivity contribution is 6.30. The van der Waals surface area contributed by atoms with Gasteiger partial charge in [-0.2, -0.15) is 5.10 Å². The van der Waals surface area contributed by atoms with Gasteiger partial charge >= 0.3 is 0 Å². The lowest BCUT2D eigenvalue weighted by atomic mass is 10.2. The first-order chi connectivity index (χ1) is 9.11. The third-order valence-corrected chi connectivity index (χ3v) is 3.51. The van der Waals surface area contributed by atoms with E-state index in [9.17, 15) is 0 Å². The van der Waals surface area contributed by atoms with E-state index in [2.05, 4.69) is 16.5 Å². The van der Waals surface area contributed by atoms with Crippen LogP contribution in [0, 0.1) is 6.92 Å². The molecule has 4 nitrogen and oxygen atoms in total. The average Bonchev–Trinajstić information content (AvgIpc) is 2.65. The molecule has 2 aromatic rings. The third kappa shape index (κ3) is 3.28. The van der Waals surface area contributed by atoms with Crippen molar-refractivity contribution in [2.45, 2.75) is 20.0 Å². The molecule has 19 heavy (non-hydrogen) atoms. The molecule has 0 unspecified atom stereocenters. The highest BCUT2D eigenvalue weighted by atomic mass is 35.5. The van der Waals surface area contributed by atoms with Crippen LogP contribution in [0.15, 0.2) is 24.3 Å². The lowest BCUT2D eigenvalue weighted by Gasteiger charge is -2.06. The largest absolute Gasteiger partial charge is 0.497 e. The number of nitrogens with one attached hydrogen (secondary N) is 1. The molecule has 1 aromatic heterocycles. The predicted octanol–water partition coefficient (Wildman–Crippen LogP) is 2.68. The minimum atomic E-state index is 0.690. The summed E-state index contributed by atoms with van der Waals surface area (Å²) in [5, 5.41) is 8.35. The van der Waals surface area contributed by atoms with Gasteiger partial charge in [-0.15, -0.1) is 0 Å². The van der Waals surface area contributed by atoms with E-state index in [0.717, 1.165) is 23.6 Å². The number of rotatable bonds is 5. The normalized spacial score (nSPS) is 10.7. The Balaban J connectivity index is 1.96. The van der Waals surface area contributed by atoms with Gasteiger partial charge in [-0.25, -0.2) is 0 Å². The molecule has 0 aliphatic carbocycles. The Morgan fingerprint density at radius 3 is 2.79 bits per heavy atom. The van der Waals surface area contributed by atoms with Crippen molar-refractivity contribution in [2.24, 2.45) is 7.05 Å². The topological polar surface area (TPSA) is 39.1 Å². The minimum Gasteiger partial charge on any atom is -0.497 e. The van der Waals surface area contributed by atoms with E-state index in [1.807, 2.05) is 32.2 Å². The summed E-state index contributed by atoms with van der Waals surface area (Å²) in [5.41, 5.74) is 3.19. The van der Waals surface area contributed by atoms with E-state index in [4.69, 9.17) is 16.3 Å². The van der Waals surface area contributed by atoms with E-state index < -0.39 is 0 Å². The maximum absolute atomic E-state index is 6.18. The van der Waals surface area contributed by atoms with Gasteiger partial charge in [0.2, 0.25) is 0 Å². The molecule has 1 aromatic carbocycles. The molecule has 0 fully saturated rings. The van der Waals surface area contributed by atoms with Crippen molar-refractivity contribution in [2.75, 3.05) is 7.11 Å². The molecule has 0 spiro atoms. The van der Waals surface area contributed by atoms with Crippen molar-refractivity contribution in [3.63, 3.8) is 0 Å². The number of halogens is 1. The summed E-state index contributed by atoms with van der Waals surface area (Å²) >= 11 is 6.18. The fourth-order valence-electron chi connectivity index (χ4n) is 1.99. The van der Waals surface area contributed by atoms with Crippen LogP contribution < -0.4 is 10.1 Å². The van der Waals surface area contributed by atoms with E-state index in [-0.39, 0.29) is 0 Å². The van der Waals surface area contributed by atoms with Crippen LogP contribution in [0.2, 0.25) is 5.15 Å². The Hall–Kier alpha value is -1.52. The number of aryl methyl sites for hydroxylation is 2. The first-order valence-corrected chi connectivity index (χ1v) is 6.51. The van der Waals surface area contributed by atoms with Crippen LogP contribution in [0.25, 0.3) is 0 Å². The smallest absolute Gasteiger partial charge is 0.131 e. The molecule has 0 aliphatic rings. The molecule has 0 radical (unpaired) electrons. The second kappa shape index (κ2) is 6.08. The summed E-state index contributed by atoms with van der Waals surface area (Å²) in [6, 6.07) is 8.00. The van der Waals surface area contributed by atoms with E-state index in [1.165, 1.54) is 5.56 Å². The molecular weight excluding hydrogens is 262 g/mol. The Morgan fingerprint density at radius 2 is 2.16 bits per heavy atom. The number of benzene rings is 1. The Kier molecular flexibility index (Phi) is 4.45. The average molecular weight is 280 g/mol.